The molecule has 0 aliphatic heterocycles. The van der Waals surface area contributed by atoms with Crippen LogP contribution in [0, 0.1) is 5.92 Å². The molecular formula is C13H28N2. The minimum atomic E-state index is 0.503. The summed E-state index contributed by atoms with van der Waals surface area (Å²) in [5.74, 6) is 0.781. The minimum Gasteiger partial charge on any atom is -0.328 e. The third-order valence-corrected chi connectivity index (χ3v) is 3.83. The zero-order chi connectivity index (χ0) is 11.1. The Hall–Kier alpha value is -0.0800. The van der Waals surface area contributed by atoms with Gasteiger partial charge in [0.2, 0.25) is 0 Å². The van der Waals surface area contributed by atoms with Crippen molar-refractivity contribution < 1.29 is 0 Å². The molecule has 15 heavy (non-hydrogen) atoms. The smallest absolute Gasteiger partial charge is 0.00645 e. The first-order valence-electron chi connectivity index (χ1n) is 6.71. The van der Waals surface area contributed by atoms with Gasteiger partial charge < -0.3 is 11.5 Å². The van der Waals surface area contributed by atoms with Gasteiger partial charge in [0.25, 0.3) is 0 Å². The summed E-state index contributed by atoms with van der Waals surface area (Å²) >= 11 is 0. The van der Waals surface area contributed by atoms with Crippen molar-refractivity contribution >= 4 is 0 Å². The Balaban J connectivity index is 0.000000151. The van der Waals surface area contributed by atoms with Crippen LogP contribution in [0.25, 0.3) is 0 Å². The van der Waals surface area contributed by atoms with Crippen LogP contribution in [0.2, 0.25) is 0 Å². The minimum absolute atomic E-state index is 0.503. The van der Waals surface area contributed by atoms with E-state index in [1.54, 1.807) is 0 Å². The van der Waals surface area contributed by atoms with Crippen LogP contribution in [0.1, 0.15) is 64.7 Å². The second-order valence-corrected chi connectivity index (χ2v) is 5.32. The van der Waals surface area contributed by atoms with Gasteiger partial charge in [0.15, 0.2) is 0 Å². The lowest BCUT2D eigenvalue weighted by molar-refractivity contribution is 0.331. The first-order valence-corrected chi connectivity index (χ1v) is 6.71. The van der Waals surface area contributed by atoms with E-state index in [9.17, 15) is 0 Å². The number of hydrogen-bond acceptors (Lipinski definition) is 2. The molecule has 0 amide bonds. The van der Waals surface area contributed by atoms with Crippen LogP contribution in [0.4, 0.5) is 0 Å². The van der Waals surface area contributed by atoms with Crippen molar-refractivity contribution in [2.24, 2.45) is 17.4 Å². The summed E-state index contributed by atoms with van der Waals surface area (Å²) in [6, 6.07) is 1.04. The fourth-order valence-corrected chi connectivity index (χ4v) is 2.48. The summed E-state index contributed by atoms with van der Waals surface area (Å²) in [5.41, 5.74) is 11.4. The summed E-state index contributed by atoms with van der Waals surface area (Å²) in [6.07, 6.45) is 12.0. The van der Waals surface area contributed by atoms with Crippen LogP contribution in [-0.4, -0.2) is 12.1 Å². The zero-order valence-corrected chi connectivity index (χ0v) is 10.3. The molecule has 2 saturated carbocycles. The molecule has 0 heterocycles. The van der Waals surface area contributed by atoms with Crippen LogP contribution in [0.15, 0.2) is 0 Å². The molecule has 2 atom stereocenters. The molecule has 0 radical (unpaired) electrons. The Morgan fingerprint density at radius 2 is 1.27 bits per heavy atom. The van der Waals surface area contributed by atoms with Crippen molar-refractivity contribution in [3.63, 3.8) is 0 Å². The van der Waals surface area contributed by atoms with Crippen LogP contribution >= 0.6 is 0 Å². The van der Waals surface area contributed by atoms with E-state index in [-0.39, 0.29) is 0 Å². The Labute approximate surface area is 94.8 Å². The van der Waals surface area contributed by atoms with E-state index in [0.717, 1.165) is 5.92 Å². The average Bonchev–Trinajstić information content (AvgIpc) is 2.25. The molecule has 2 aliphatic carbocycles. The average molecular weight is 212 g/mol. The Kier molecular flexibility index (Phi) is 6.26. The summed E-state index contributed by atoms with van der Waals surface area (Å²) in [5, 5.41) is 0. The topological polar surface area (TPSA) is 52.0 Å². The van der Waals surface area contributed by atoms with Gasteiger partial charge in [-0.2, -0.15) is 0 Å². The monoisotopic (exact) mass is 212 g/mol. The van der Waals surface area contributed by atoms with Crippen molar-refractivity contribution in [1.82, 2.24) is 0 Å². The lowest BCUT2D eigenvalue weighted by atomic mass is 9.87. The van der Waals surface area contributed by atoms with E-state index >= 15 is 0 Å². The second-order valence-electron chi connectivity index (χ2n) is 5.32. The standard InChI is InChI=1S/C7H15N.C6H13N/c1-6-4-2-3-5-7(6)8;7-6-4-2-1-3-5-6/h6-7H,2-5,8H2,1H3;6H,1-5,7H2. The predicted molar refractivity (Wildman–Crippen MR) is 66.7 cm³/mol. The van der Waals surface area contributed by atoms with E-state index < -0.39 is 0 Å². The summed E-state index contributed by atoms with van der Waals surface area (Å²) in [7, 11) is 0. The van der Waals surface area contributed by atoms with Crippen LogP contribution < -0.4 is 11.5 Å². The molecule has 2 heteroatoms. The van der Waals surface area contributed by atoms with Crippen LogP contribution in [0.3, 0.4) is 0 Å². The number of nitrogens with two attached hydrogens (primary N) is 2. The van der Waals surface area contributed by atoms with Gasteiger partial charge in [0, 0.05) is 12.1 Å². The molecule has 0 spiro atoms. The number of hydrogen-bond donors (Lipinski definition) is 2. The highest BCUT2D eigenvalue weighted by molar-refractivity contribution is 4.73. The van der Waals surface area contributed by atoms with Crippen LogP contribution in [-0.2, 0) is 0 Å². The summed E-state index contributed by atoms with van der Waals surface area (Å²) < 4.78 is 0. The third-order valence-electron chi connectivity index (χ3n) is 3.83. The van der Waals surface area contributed by atoms with Gasteiger partial charge in [0.05, 0.1) is 0 Å². The van der Waals surface area contributed by atoms with Gasteiger partial charge >= 0.3 is 0 Å². The van der Waals surface area contributed by atoms with Crippen molar-refractivity contribution in [2.75, 3.05) is 0 Å². The zero-order valence-electron chi connectivity index (χ0n) is 10.3. The number of rotatable bonds is 0. The van der Waals surface area contributed by atoms with Crippen LogP contribution in [0.5, 0.6) is 0 Å². The Bertz CT molecular complexity index is 143. The van der Waals surface area contributed by atoms with Gasteiger partial charge in [-0.3, -0.25) is 0 Å². The largest absolute Gasteiger partial charge is 0.328 e. The van der Waals surface area contributed by atoms with Gasteiger partial charge in [-0.25, -0.2) is 0 Å². The lowest BCUT2D eigenvalue weighted by Gasteiger charge is -2.24. The normalized spacial score (nSPS) is 33.0. The molecule has 0 bridgehead atoms. The fourth-order valence-electron chi connectivity index (χ4n) is 2.48. The fraction of sp³-hybridized carbons (Fsp3) is 1.00. The molecule has 2 fully saturated rings. The van der Waals surface area contributed by atoms with Gasteiger partial charge in [-0.1, -0.05) is 39.0 Å². The summed E-state index contributed by atoms with van der Waals surface area (Å²) in [6.45, 7) is 2.25. The molecule has 90 valence electrons. The molecule has 4 N–H and O–H groups in total. The van der Waals surface area contributed by atoms with Crippen molar-refractivity contribution in [2.45, 2.75) is 76.8 Å². The van der Waals surface area contributed by atoms with Gasteiger partial charge in [0.1, 0.15) is 0 Å². The molecular weight excluding hydrogens is 184 g/mol. The van der Waals surface area contributed by atoms with E-state index in [1.807, 2.05) is 0 Å². The Morgan fingerprint density at radius 3 is 1.60 bits per heavy atom. The predicted octanol–water partition coefficient (Wildman–Crippen LogP) is 2.80. The molecule has 0 aromatic carbocycles. The molecule has 0 aromatic rings. The maximum Gasteiger partial charge on any atom is 0.00645 e. The van der Waals surface area contributed by atoms with Gasteiger partial charge in [-0.15, -0.1) is 0 Å². The highest BCUT2D eigenvalue weighted by atomic mass is 14.6. The van der Waals surface area contributed by atoms with E-state index in [2.05, 4.69) is 6.92 Å². The second kappa shape index (κ2) is 7.24. The maximum atomic E-state index is 5.78. The quantitative estimate of drug-likeness (QED) is 0.648. The van der Waals surface area contributed by atoms with E-state index in [1.165, 1.54) is 57.8 Å². The molecule has 0 aromatic heterocycles. The van der Waals surface area contributed by atoms with Gasteiger partial charge in [-0.05, 0) is 31.6 Å². The van der Waals surface area contributed by atoms with E-state index in [0.29, 0.717) is 12.1 Å². The summed E-state index contributed by atoms with van der Waals surface area (Å²) in [4.78, 5) is 0. The Morgan fingerprint density at radius 1 is 0.733 bits per heavy atom. The molecule has 2 nitrogen and oxygen atoms in total. The lowest BCUT2D eigenvalue weighted by Crippen LogP contribution is -2.30. The third kappa shape index (κ3) is 5.53. The first-order chi connectivity index (χ1) is 7.20. The SMILES string of the molecule is CC1CCCCC1N.NC1CCCCC1. The maximum absolute atomic E-state index is 5.78. The van der Waals surface area contributed by atoms with Crippen molar-refractivity contribution in [1.29, 1.82) is 0 Å². The molecule has 2 aliphatic rings. The molecule has 0 saturated heterocycles. The van der Waals surface area contributed by atoms with Crippen molar-refractivity contribution in [3.8, 4) is 0 Å². The van der Waals surface area contributed by atoms with Crippen molar-refractivity contribution in [3.05, 3.63) is 0 Å². The van der Waals surface area contributed by atoms with E-state index in [4.69, 9.17) is 11.5 Å². The highest BCUT2D eigenvalue weighted by Crippen LogP contribution is 2.21. The molecule has 2 unspecified atom stereocenters. The first kappa shape index (κ1) is 13.0. The highest BCUT2D eigenvalue weighted by Gasteiger charge is 2.16. The molecule has 2 rings (SSSR count).